The zero-order chi connectivity index (χ0) is 16.1. The summed E-state index contributed by atoms with van der Waals surface area (Å²) in [6, 6.07) is 8.36. The minimum Gasteiger partial charge on any atom is -0.467 e. The standard InChI is InChI=1S/C18H26O3/c1-12(2)18(15(19)20-7)17(6,21-18)14-10-8-13(9-11-14)16(3,4)5/h8-12H,1-7H3. The quantitative estimate of drug-likeness (QED) is 0.628. The summed E-state index contributed by atoms with van der Waals surface area (Å²) in [6.07, 6.45) is 0. The van der Waals surface area contributed by atoms with Gasteiger partial charge in [0.15, 0.2) is 0 Å². The van der Waals surface area contributed by atoms with E-state index in [1.807, 2.05) is 20.8 Å². The van der Waals surface area contributed by atoms with Gasteiger partial charge in [0.25, 0.3) is 0 Å². The van der Waals surface area contributed by atoms with E-state index in [4.69, 9.17) is 9.47 Å². The fraction of sp³-hybridized carbons (Fsp3) is 0.611. The highest BCUT2D eigenvalue weighted by atomic mass is 16.7. The molecular formula is C18H26O3. The van der Waals surface area contributed by atoms with Crippen LogP contribution in [0.15, 0.2) is 24.3 Å². The van der Waals surface area contributed by atoms with Crippen molar-refractivity contribution in [3.8, 4) is 0 Å². The van der Waals surface area contributed by atoms with Crippen molar-refractivity contribution in [1.82, 2.24) is 0 Å². The van der Waals surface area contributed by atoms with E-state index in [1.165, 1.54) is 12.7 Å². The number of hydrogen-bond donors (Lipinski definition) is 0. The van der Waals surface area contributed by atoms with Gasteiger partial charge in [-0.2, -0.15) is 0 Å². The number of epoxide rings is 1. The highest BCUT2D eigenvalue weighted by Crippen LogP contribution is 2.60. The van der Waals surface area contributed by atoms with E-state index in [2.05, 4.69) is 45.0 Å². The molecule has 0 aromatic heterocycles. The molecule has 0 bridgehead atoms. The van der Waals surface area contributed by atoms with Gasteiger partial charge < -0.3 is 9.47 Å². The molecule has 0 amide bonds. The van der Waals surface area contributed by atoms with Gasteiger partial charge in [0.2, 0.25) is 5.60 Å². The number of carbonyl (C=O) groups is 1. The number of benzene rings is 1. The summed E-state index contributed by atoms with van der Waals surface area (Å²) in [4.78, 5) is 12.2. The summed E-state index contributed by atoms with van der Waals surface area (Å²) in [5, 5.41) is 0. The summed E-state index contributed by atoms with van der Waals surface area (Å²) in [5.74, 6) is -0.239. The Bertz CT molecular complexity index is 539. The number of esters is 1. The maximum absolute atomic E-state index is 12.2. The molecular weight excluding hydrogens is 264 g/mol. The number of rotatable bonds is 3. The average molecular weight is 290 g/mol. The molecule has 0 saturated carbocycles. The summed E-state index contributed by atoms with van der Waals surface area (Å²) in [7, 11) is 1.41. The van der Waals surface area contributed by atoms with Crippen LogP contribution in [-0.2, 0) is 25.3 Å². The molecule has 0 spiro atoms. The molecule has 2 atom stereocenters. The monoisotopic (exact) mass is 290 g/mol. The van der Waals surface area contributed by atoms with Crippen LogP contribution in [-0.4, -0.2) is 18.7 Å². The molecule has 116 valence electrons. The van der Waals surface area contributed by atoms with Gasteiger partial charge in [0.05, 0.1) is 7.11 Å². The average Bonchev–Trinajstić information content (AvgIpc) is 3.06. The molecule has 1 aliphatic heterocycles. The lowest BCUT2D eigenvalue weighted by atomic mass is 9.79. The van der Waals surface area contributed by atoms with E-state index in [0.717, 1.165) is 5.56 Å². The van der Waals surface area contributed by atoms with Gasteiger partial charge in [-0.1, -0.05) is 58.9 Å². The molecule has 1 aromatic rings. The third-order valence-corrected chi connectivity index (χ3v) is 4.64. The Hall–Kier alpha value is -1.35. The van der Waals surface area contributed by atoms with Crippen LogP contribution in [0.25, 0.3) is 0 Å². The Morgan fingerprint density at radius 2 is 1.71 bits per heavy atom. The number of methoxy groups -OCH3 is 1. The minimum absolute atomic E-state index is 0.0530. The fourth-order valence-electron chi connectivity index (χ4n) is 3.15. The predicted octanol–water partition coefficient (Wildman–Crippen LogP) is 3.80. The first-order valence-corrected chi connectivity index (χ1v) is 7.49. The van der Waals surface area contributed by atoms with Gasteiger partial charge in [-0.05, 0) is 29.4 Å². The summed E-state index contributed by atoms with van der Waals surface area (Å²) in [6.45, 7) is 12.5. The Morgan fingerprint density at radius 3 is 2.10 bits per heavy atom. The number of hydrogen-bond acceptors (Lipinski definition) is 3. The second-order valence-electron chi connectivity index (χ2n) is 7.34. The first-order chi connectivity index (χ1) is 9.59. The predicted molar refractivity (Wildman–Crippen MR) is 83.2 cm³/mol. The second-order valence-corrected chi connectivity index (χ2v) is 7.34. The topological polar surface area (TPSA) is 38.8 Å². The Kier molecular flexibility index (Phi) is 3.69. The first-order valence-electron chi connectivity index (χ1n) is 7.49. The highest BCUT2D eigenvalue weighted by Gasteiger charge is 2.75. The summed E-state index contributed by atoms with van der Waals surface area (Å²) in [5.41, 5.74) is 0.926. The molecule has 1 saturated heterocycles. The Labute approximate surface area is 127 Å². The zero-order valence-corrected chi connectivity index (χ0v) is 14.1. The summed E-state index contributed by atoms with van der Waals surface area (Å²) < 4.78 is 10.9. The molecule has 21 heavy (non-hydrogen) atoms. The smallest absolute Gasteiger partial charge is 0.341 e. The number of ether oxygens (including phenoxy) is 2. The van der Waals surface area contributed by atoms with Gasteiger partial charge in [0, 0.05) is 0 Å². The van der Waals surface area contributed by atoms with Crippen LogP contribution in [0.5, 0.6) is 0 Å². The molecule has 2 unspecified atom stereocenters. The molecule has 1 aliphatic rings. The van der Waals surface area contributed by atoms with Gasteiger partial charge in [0.1, 0.15) is 5.60 Å². The van der Waals surface area contributed by atoms with Crippen molar-refractivity contribution < 1.29 is 14.3 Å². The lowest BCUT2D eigenvalue weighted by Crippen LogP contribution is -2.37. The van der Waals surface area contributed by atoms with Crippen LogP contribution in [0.2, 0.25) is 0 Å². The van der Waals surface area contributed by atoms with Crippen LogP contribution in [0.4, 0.5) is 0 Å². The molecule has 0 aliphatic carbocycles. The van der Waals surface area contributed by atoms with Crippen molar-refractivity contribution in [3.63, 3.8) is 0 Å². The van der Waals surface area contributed by atoms with Crippen molar-refractivity contribution in [2.45, 2.75) is 58.2 Å². The zero-order valence-electron chi connectivity index (χ0n) is 14.1. The van der Waals surface area contributed by atoms with Crippen molar-refractivity contribution >= 4 is 5.97 Å². The third-order valence-electron chi connectivity index (χ3n) is 4.64. The summed E-state index contributed by atoms with van der Waals surface area (Å²) >= 11 is 0. The molecule has 1 fully saturated rings. The van der Waals surface area contributed by atoms with Crippen molar-refractivity contribution in [3.05, 3.63) is 35.4 Å². The van der Waals surface area contributed by atoms with Gasteiger partial charge in [-0.15, -0.1) is 0 Å². The Balaban J connectivity index is 2.37. The maximum Gasteiger partial charge on any atom is 0.341 e. The third kappa shape index (κ3) is 2.28. The van der Waals surface area contributed by atoms with Crippen molar-refractivity contribution in [2.24, 2.45) is 5.92 Å². The Morgan fingerprint density at radius 1 is 1.19 bits per heavy atom. The molecule has 0 radical (unpaired) electrons. The van der Waals surface area contributed by atoms with Gasteiger partial charge >= 0.3 is 5.97 Å². The van der Waals surface area contributed by atoms with E-state index in [9.17, 15) is 4.79 Å². The minimum atomic E-state index is -0.870. The van der Waals surface area contributed by atoms with E-state index in [-0.39, 0.29) is 17.3 Å². The van der Waals surface area contributed by atoms with Gasteiger partial charge in [-0.25, -0.2) is 4.79 Å². The largest absolute Gasteiger partial charge is 0.467 e. The SMILES string of the molecule is COC(=O)C1(C(C)C)OC1(C)c1ccc(C(C)(C)C)cc1. The second kappa shape index (κ2) is 4.84. The van der Waals surface area contributed by atoms with Crippen LogP contribution in [0.3, 0.4) is 0 Å². The van der Waals surface area contributed by atoms with Crippen molar-refractivity contribution in [1.29, 1.82) is 0 Å². The number of carbonyl (C=O) groups excluding carboxylic acids is 1. The van der Waals surface area contributed by atoms with E-state index in [1.54, 1.807) is 0 Å². The molecule has 1 heterocycles. The van der Waals surface area contributed by atoms with E-state index >= 15 is 0 Å². The molecule has 0 N–H and O–H groups in total. The van der Waals surface area contributed by atoms with Crippen molar-refractivity contribution in [2.75, 3.05) is 7.11 Å². The van der Waals surface area contributed by atoms with Gasteiger partial charge in [-0.3, -0.25) is 0 Å². The van der Waals surface area contributed by atoms with Crippen LogP contribution < -0.4 is 0 Å². The van der Waals surface area contributed by atoms with Crippen LogP contribution in [0.1, 0.15) is 52.7 Å². The first kappa shape index (κ1) is 16.0. The molecule has 1 aromatic carbocycles. The normalized spacial score (nSPS) is 28.6. The van der Waals surface area contributed by atoms with E-state index < -0.39 is 11.2 Å². The molecule has 3 nitrogen and oxygen atoms in total. The van der Waals surface area contributed by atoms with Crippen LogP contribution >= 0.6 is 0 Å². The van der Waals surface area contributed by atoms with E-state index in [0.29, 0.717) is 0 Å². The van der Waals surface area contributed by atoms with Crippen LogP contribution in [0, 0.1) is 5.92 Å². The maximum atomic E-state index is 12.2. The highest BCUT2D eigenvalue weighted by molar-refractivity contribution is 5.85. The molecule has 2 rings (SSSR count). The fourth-order valence-corrected chi connectivity index (χ4v) is 3.15. The molecule has 3 heteroatoms. The lowest BCUT2D eigenvalue weighted by Gasteiger charge is -2.21. The lowest BCUT2D eigenvalue weighted by molar-refractivity contribution is -0.148.